The Labute approximate surface area is 119 Å². The number of aliphatic hydroxyl groups is 1. The van der Waals surface area contributed by atoms with Gasteiger partial charge in [0.2, 0.25) is 5.91 Å². The van der Waals surface area contributed by atoms with Crippen molar-refractivity contribution in [2.75, 3.05) is 6.61 Å². The molecule has 1 saturated carbocycles. The van der Waals surface area contributed by atoms with E-state index in [0.29, 0.717) is 11.7 Å². The summed E-state index contributed by atoms with van der Waals surface area (Å²) < 4.78 is 5.38. The van der Waals surface area contributed by atoms with Gasteiger partial charge in [-0.3, -0.25) is 4.79 Å². The van der Waals surface area contributed by atoms with E-state index in [-0.39, 0.29) is 12.5 Å². The number of carbonyl (C=O) groups excluding carboxylic acids is 1. The average Bonchev–Trinajstić information content (AvgIpc) is 2.82. The lowest BCUT2D eigenvalue weighted by molar-refractivity contribution is -0.119. The molecular weight excluding hydrogens is 254 g/mol. The lowest BCUT2D eigenvalue weighted by atomic mass is 9.77. The first-order valence-electron chi connectivity index (χ1n) is 7.20. The maximum atomic E-state index is 12.0. The van der Waals surface area contributed by atoms with Crippen LogP contribution in [-0.4, -0.2) is 23.2 Å². The third-order valence-electron chi connectivity index (χ3n) is 3.94. The molecule has 0 aromatic carbocycles. The molecule has 1 aromatic heterocycles. The summed E-state index contributed by atoms with van der Waals surface area (Å²) in [6.45, 7) is 4.02. The number of hydrogen-bond donors (Lipinski definition) is 2. The number of nitrogens with one attached hydrogen (secondary N) is 1. The van der Waals surface area contributed by atoms with Gasteiger partial charge in [0.05, 0.1) is 12.1 Å². The van der Waals surface area contributed by atoms with Gasteiger partial charge in [0.15, 0.2) is 0 Å². The van der Waals surface area contributed by atoms with Crippen molar-refractivity contribution >= 4 is 12.0 Å². The van der Waals surface area contributed by atoms with E-state index in [1.807, 2.05) is 19.1 Å². The molecule has 4 heteroatoms. The van der Waals surface area contributed by atoms with Crippen LogP contribution in [0.5, 0.6) is 0 Å². The summed E-state index contributed by atoms with van der Waals surface area (Å²) in [5.41, 5.74) is -0.460. The first-order chi connectivity index (χ1) is 9.53. The molecule has 0 saturated heterocycles. The molecule has 2 unspecified atom stereocenters. The molecule has 0 spiro atoms. The molecule has 0 radical (unpaired) electrons. The summed E-state index contributed by atoms with van der Waals surface area (Å²) in [5.74, 6) is 1.83. The Bertz CT molecular complexity index is 492. The van der Waals surface area contributed by atoms with Crippen molar-refractivity contribution in [2.45, 2.75) is 45.1 Å². The third-order valence-corrected chi connectivity index (χ3v) is 3.94. The molecule has 2 atom stereocenters. The van der Waals surface area contributed by atoms with Crippen molar-refractivity contribution in [1.29, 1.82) is 0 Å². The lowest BCUT2D eigenvalue weighted by Crippen LogP contribution is -2.53. The van der Waals surface area contributed by atoms with Crippen LogP contribution in [0.2, 0.25) is 0 Å². The van der Waals surface area contributed by atoms with E-state index < -0.39 is 5.54 Å². The topological polar surface area (TPSA) is 62.5 Å². The molecule has 0 aliphatic heterocycles. The summed E-state index contributed by atoms with van der Waals surface area (Å²) in [6.07, 6.45) is 7.01. The van der Waals surface area contributed by atoms with Crippen molar-refractivity contribution in [3.05, 3.63) is 29.7 Å². The van der Waals surface area contributed by atoms with E-state index in [2.05, 4.69) is 12.2 Å². The molecular formula is C16H23NO3. The Morgan fingerprint density at radius 2 is 2.40 bits per heavy atom. The van der Waals surface area contributed by atoms with E-state index in [4.69, 9.17) is 4.42 Å². The predicted octanol–water partition coefficient (Wildman–Crippen LogP) is 2.66. The van der Waals surface area contributed by atoms with Gasteiger partial charge in [-0.25, -0.2) is 0 Å². The average molecular weight is 277 g/mol. The standard InChI is InChI=1S/C16H23NO3/c1-12-4-3-9-16(10-12,11-18)17-15(19)8-7-14-6-5-13(2)20-14/h5-8,12,18H,3-4,9-11H2,1-2H3,(H,17,19). The van der Waals surface area contributed by atoms with Crippen molar-refractivity contribution in [1.82, 2.24) is 5.32 Å². The predicted molar refractivity (Wildman–Crippen MR) is 78.1 cm³/mol. The Morgan fingerprint density at radius 1 is 1.60 bits per heavy atom. The Morgan fingerprint density at radius 3 is 3.00 bits per heavy atom. The fourth-order valence-corrected chi connectivity index (χ4v) is 2.96. The monoisotopic (exact) mass is 277 g/mol. The zero-order valence-electron chi connectivity index (χ0n) is 12.2. The van der Waals surface area contributed by atoms with E-state index in [9.17, 15) is 9.90 Å². The van der Waals surface area contributed by atoms with E-state index in [1.54, 1.807) is 6.08 Å². The van der Waals surface area contributed by atoms with Crippen LogP contribution in [0.15, 0.2) is 22.6 Å². The molecule has 110 valence electrons. The smallest absolute Gasteiger partial charge is 0.244 e. The second kappa shape index (κ2) is 6.27. The Hall–Kier alpha value is -1.55. The molecule has 1 aliphatic carbocycles. The summed E-state index contributed by atoms with van der Waals surface area (Å²) in [5, 5.41) is 12.6. The number of aliphatic hydroxyl groups excluding tert-OH is 1. The van der Waals surface area contributed by atoms with Gasteiger partial charge in [-0.15, -0.1) is 0 Å². The Kier molecular flexibility index (Phi) is 4.65. The molecule has 1 aromatic rings. The van der Waals surface area contributed by atoms with Crippen LogP contribution in [0.1, 0.15) is 44.1 Å². The highest BCUT2D eigenvalue weighted by Crippen LogP contribution is 2.31. The van der Waals surface area contributed by atoms with Gasteiger partial charge >= 0.3 is 0 Å². The van der Waals surface area contributed by atoms with Crippen molar-refractivity contribution in [2.24, 2.45) is 5.92 Å². The molecule has 1 aliphatic rings. The van der Waals surface area contributed by atoms with Crippen LogP contribution in [0.3, 0.4) is 0 Å². The summed E-state index contributed by atoms with van der Waals surface area (Å²) in [7, 11) is 0. The maximum Gasteiger partial charge on any atom is 0.244 e. The minimum atomic E-state index is -0.460. The summed E-state index contributed by atoms with van der Waals surface area (Å²) >= 11 is 0. The Balaban J connectivity index is 1.97. The first-order valence-corrected chi connectivity index (χ1v) is 7.20. The molecule has 20 heavy (non-hydrogen) atoms. The van der Waals surface area contributed by atoms with Crippen LogP contribution >= 0.6 is 0 Å². The SMILES string of the molecule is Cc1ccc(C=CC(=O)NC2(CO)CCCC(C)C2)o1. The van der Waals surface area contributed by atoms with Gasteiger partial charge < -0.3 is 14.8 Å². The van der Waals surface area contributed by atoms with Crippen LogP contribution in [0.25, 0.3) is 6.08 Å². The fraction of sp³-hybridized carbons (Fsp3) is 0.562. The van der Waals surface area contributed by atoms with Crippen LogP contribution < -0.4 is 5.32 Å². The zero-order chi connectivity index (χ0) is 14.6. The summed E-state index contributed by atoms with van der Waals surface area (Å²) in [6, 6.07) is 3.68. The normalized spacial score (nSPS) is 26.9. The number of carbonyl (C=O) groups is 1. The maximum absolute atomic E-state index is 12.0. The highest BCUT2D eigenvalue weighted by atomic mass is 16.3. The molecule has 2 rings (SSSR count). The zero-order valence-corrected chi connectivity index (χ0v) is 12.2. The molecule has 2 N–H and O–H groups in total. The number of amides is 1. The van der Waals surface area contributed by atoms with Crippen molar-refractivity contribution < 1.29 is 14.3 Å². The largest absolute Gasteiger partial charge is 0.462 e. The molecule has 1 heterocycles. The van der Waals surface area contributed by atoms with Gasteiger partial charge in [-0.05, 0) is 43.9 Å². The summed E-state index contributed by atoms with van der Waals surface area (Å²) in [4.78, 5) is 12.0. The highest BCUT2D eigenvalue weighted by molar-refractivity contribution is 5.91. The molecule has 4 nitrogen and oxygen atoms in total. The van der Waals surface area contributed by atoms with Gasteiger partial charge in [-0.2, -0.15) is 0 Å². The quantitative estimate of drug-likeness (QED) is 0.832. The van der Waals surface area contributed by atoms with Crippen molar-refractivity contribution in [3.8, 4) is 0 Å². The number of furan rings is 1. The lowest BCUT2D eigenvalue weighted by Gasteiger charge is -2.39. The van der Waals surface area contributed by atoms with E-state index >= 15 is 0 Å². The minimum Gasteiger partial charge on any atom is -0.462 e. The molecule has 1 amide bonds. The second-order valence-corrected chi connectivity index (χ2v) is 5.91. The molecule has 0 bridgehead atoms. The van der Waals surface area contributed by atoms with Gasteiger partial charge in [0.25, 0.3) is 0 Å². The number of aryl methyl sites for hydroxylation is 1. The van der Waals surface area contributed by atoms with Crippen molar-refractivity contribution in [3.63, 3.8) is 0 Å². The molecule has 1 fully saturated rings. The highest BCUT2D eigenvalue weighted by Gasteiger charge is 2.35. The van der Waals surface area contributed by atoms with Crippen LogP contribution in [0.4, 0.5) is 0 Å². The number of rotatable bonds is 4. The third kappa shape index (κ3) is 3.73. The van der Waals surface area contributed by atoms with E-state index in [0.717, 1.165) is 25.0 Å². The second-order valence-electron chi connectivity index (χ2n) is 5.91. The van der Waals surface area contributed by atoms with Gasteiger partial charge in [0, 0.05) is 6.08 Å². The van der Waals surface area contributed by atoms with Gasteiger partial charge in [-0.1, -0.05) is 19.8 Å². The van der Waals surface area contributed by atoms with Crippen LogP contribution in [-0.2, 0) is 4.79 Å². The van der Waals surface area contributed by atoms with E-state index in [1.165, 1.54) is 12.5 Å². The first kappa shape index (κ1) is 14.9. The van der Waals surface area contributed by atoms with Crippen LogP contribution in [0, 0.1) is 12.8 Å². The minimum absolute atomic E-state index is 0.00319. The number of hydrogen-bond acceptors (Lipinski definition) is 3. The van der Waals surface area contributed by atoms with Gasteiger partial charge in [0.1, 0.15) is 11.5 Å². The fourth-order valence-electron chi connectivity index (χ4n) is 2.96.